The van der Waals surface area contributed by atoms with Crippen LogP contribution in [-0.4, -0.2) is 15.0 Å². The van der Waals surface area contributed by atoms with E-state index >= 15 is 0 Å². The van der Waals surface area contributed by atoms with E-state index in [1.807, 2.05) is 18.2 Å². The van der Waals surface area contributed by atoms with Crippen molar-refractivity contribution >= 4 is 39.0 Å². The van der Waals surface area contributed by atoms with E-state index in [0.29, 0.717) is 5.16 Å². The minimum absolute atomic E-state index is 0.708. The topological polar surface area (TPSA) is 64.7 Å². The Hall–Kier alpha value is -1.66. The van der Waals surface area contributed by atoms with Gasteiger partial charge in [0.05, 0.1) is 10.2 Å². The van der Waals surface area contributed by atoms with Crippen molar-refractivity contribution in [2.75, 3.05) is 5.73 Å². The maximum atomic E-state index is 5.73. The van der Waals surface area contributed by atoms with Crippen LogP contribution in [0.4, 0.5) is 5.69 Å². The molecule has 0 bridgehead atoms. The van der Waals surface area contributed by atoms with Gasteiger partial charge in [-0.25, -0.2) is 15.0 Å². The summed E-state index contributed by atoms with van der Waals surface area (Å²) >= 11 is 3.06. The molecule has 84 valence electrons. The number of nitrogens with zero attached hydrogens (tertiary/aromatic N) is 3. The number of nitrogen functional groups attached to an aromatic ring is 1. The van der Waals surface area contributed by atoms with E-state index in [1.165, 1.54) is 11.8 Å². The lowest BCUT2D eigenvalue weighted by Crippen LogP contribution is -1.82. The van der Waals surface area contributed by atoms with Crippen LogP contribution in [0.25, 0.3) is 10.2 Å². The lowest BCUT2D eigenvalue weighted by Gasteiger charge is -1.92. The van der Waals surface area contributed by atoms with Gasteiger partial charge in [-0.1, -0.05) is 0 Å². The molecule has 6 heteroatoms. The Kier molecular flexibility index (Phi) is 2.66. The Balaban J connectivity index is 1.96. The van der Waals surface area contributed by atoms with Crippen LogP contribution in [-0.2, 0) is 0 Å². The second-order valence-electron chi connectivity index (χ2n) is 3.34. The summed E-state index contributed by atoms with van der Waals surface area (Å²) in [5.41, 5.74) is 7.45. The highest BCUT2D eigenvalue weighted by Gasteiger charge is 2.07. The van der Waals surface area contributed by atoms with E-state index in [0.717, 1.165) is 20.2 Å². The standard InChI is InChI=1S/C11H8N4S2/c12-7-2-3-8-9(6-7)16-11(15-8)17-10-13-4-1-5-14-10/h1-6H,12H2. The third-order valence-electron chi connectivity index (χ3n) is 2.11. The Morgan fingerprint density at radius 2 is 2.00 bits per heavy atom. The smallest absolute Gasteiger partial charge is 0.194 e. The van der Waals surface area contributed by atoms with Crippen molar-refractivity contribution in [1.82, 2.24) is 15.0 Å². The average molecular weight is 260 g/mol. The highest BCUT2D eigenvalue weighted by molar-refractivity contribution is 8.01. The van der Waals surface area contributed by atoms with Crippen molar-refractivity contribution in [2.45, 2.75) is 9.50 Å². The van der Waals surface area contributed by atoms with Gasteiger partial charge < -0.3 is 5.73 Å². The second kappa shape index (κ2) is 4.31. The largest absolute Gasteiger partial charge is 0.399 e. The highest BCUT2D eigenvalue weighted by Crippen LogP contribution is 2.33. The molecule has 0 unspecified atom stereocenters. The van der Waals surface area contributed by atoms with E-state index in [1.54, 1.807) is 29.8 Å². The Morgan fingerprint density at radius 3 is 2.82 bits per heavy atom. The van der Waals surface area contributed by atoms with Crippen molar-refractivity contribution in [1.29, 1.82) is 0 Å². The van der Waals surface area contributed by atoms with Crippen LogP contribution >= 0.6 is 23.1 Å². The zero-order chi connectivity index (χ0) is 11.7. The number of anilines is 1. The molecule has 2 heterocycles. The maximum Gasteiger partial charge on any atom is 0.194 e. The summed E-state index contributed by atoms with van der Waals surface area (Å²) in [5.74, 6) is 0. The summed E-state index contributed by atoms with van der Waals surface area (Å²) < 4.78 is 2.01. The van der Waals surface area contributed by atoms with Crippen LogP contribution in [0.2, 0.25) is 0 Å². The highest BCUT2D eigenvalue weighted by atomic mass is 32.2. The molecular formula is C11H8N4S2. The minimum atomic E-state index is 0.708. The quantitative estimate of drug-likeness (QED) is 0.567. The average Bonchev–Trinajstić information content (AvgIpc) is 2.71. The van der Waals surface area contributed by atoms with Crippen molar-refractivity contribution in [3.63, 3.8) is 0 Å². The normalized spacial score (nSPS) is 10.8. The zero-order valence-corrected chi connectivity index (χ0v) is 10.3. The summed E-state index contributed by atoms with van der Waals surface area (Å²) in [6.45, 7) is 0. The molecule has 0 spiro atoms. The summed E-state index contributed by atoms with van der Waals surface area (Å²) in [6, 6.07) is 7.51. The third kappa shape index (κ3) is 2.22. The minimum Gasteiger partial charge on any atom is -0.399 e. The number of nitrogens with two attached hydrogens (primary N) is 1. The van der Waals surface area contributed by atoms with Gasteiger partial charge in [0.1, 0.15) is 0 Å². The molecular weight excluding hydrogens is 252 g/mol. The number of fused-ring (bicyclic) bond motifs is 1. The van der Waals surface area contributed by atoms with Gasteiger partial charge >= 0.3 is 0 Å². The molecule has 0 saturated heterocycles. The van der Waals surface area contributed by atoms with Gasteiger partial charge in [-0.3, -0.25) is 0 Å². The van der Waals surface area contributed by atoms with Gasteiger partial charge in [0.15, 0.2) is 9.50 Å². The lowest BCUT2D eigenvalue weighted by molar-refractivity contribution is 0.966. The van der Waals surface area contributed by atoms with E-state index in [-0.39, 0.29) is 0 Å². The number of hydrogen-bond donors (Lipinski definition) is 1. The Bertz CT molecular complexity index is 651. The van der Waals surface area contributed by atoms with Crippen molar-refractivity contribution in [3.05, 3.63) is 36.7 Å². The van der Waals surface area contributed by atoms with Crippen molar-refractivity contribution in [2.24, 2.45) is 0 Å². The molecule has 0 amide bonds. The zero-order valence-electron chi connectivity index (χ0n) is 8.70. The van der Waals surface area contributed by atoms with Gasteiger partial charge in [-0.2, -0.15) is 0 Å². The van der Waals surface area contributed by atoms with Crippen molar-refractivity contribution in [3.8, 4) is 0 Å². The molecule has 0 saturated carbocycles. The van der Waals surface area contributed by atoms with Crippen molar-refractivity contribution < 1.29 is 0 Å². The first-order valence-corrected chi connectivity index (χ1v) is 6.55. The summed E-state index contributed by atoms with van der Waals surface area (Å²) in [5, 5.41) is 0.708. The predicted octanol–water partition coefficient (Wildman–Crippen LogP) is 2.82. The predicted molar refractivity (Wildman–Crippen MR) is 70.2 cm³/mol. The number of aromatic nitrogens is 3. The number of thiazole rings is 1. The number of benzene rings is 1. The molecule has 2 aromatic heterocycles. The SMILES string of the molecule is Nc1ccc2nc(Sc3ncccn3)sc2c1. The first kappa shape index (κ1) is 10.5. The van der Waals surface area contributed by atoms with Gasteiger partial charge in [0, 0.05) is 18.1 Å². The van der Waals surface area contributed by atoms with Gasteiger partial charge in [-0.15, -0.1) is 11.3 Å². The molecule has 0 atom stereocenters. The number of rotatable bonds is 2. The fourth-order valence-electron chi connectivity index (χ4n) is 1.38. The van der Waals surface area contributed by atoms with Crippen LogP contribution in [0.1, 0.15) is 0 Å². The summed E-state index contributed by atoms with van der Waals surface area (Å²) in [4.78, 5) is 12.8. The third-order valence-corrected chi connectivity index (χ3v) is 4.09. The molecule has 17 heavy (non-hydrogen) atoms. The molecule has 2 N–H and O–H groups in total. The first-order valence-electron chi connectivity index (χ1n) is 4.92. The fourth-order valence-corrected chi connectivity index (χ4v) is 3.31. The van der Waals surface area contributed by atoms with Crippen LogP contribution in [0.5, 0.6) is 0 Å². The maximum absolute atomic E-state index is 5.73. The molecule has 0 aliphatic carbocycles. The second-order valence-corrected chi connectivity index (χ2v) is 5.59. The Labute approximate surface area is 106 Å². The molecule has 3 rings (SSSR count). The van der Waals surface area contributed by atoms with Gasteiger partial charge in [0.2, 0.25) is 0 Å². The Morgan fingerprint density at radius 1 is 1.18 bits per heavy atom. The molecule has 0 fully saturated rings. The van der Waals surface area contributed by atoms with E-state index in [2.05, 4.69) is 15.0 Å². The summed E-state index contributed by atoms with van der Waals surface area (Å²) in [7, 11) is 0. The molecule has 0 radical (unpaired) electrons. The van der Waals surface area contributed by atoms with E-state index in [4.69, 9.17) is 5.73 Å². The summed E-state index contributed by atoms with van der Waals surface area (Å²) in [6.07, 6.45) is 3.45. The fraction of sp³-hybridized carbons (Fsp3) is 0. The van der Waals surface area contributed by atoms with E-state index in [9.17, 15) is 0 Å². The van der Waals surface area contributed by atoms with Crippen LogP contribution in [0.15, 0.2) is 46.2 Å². The molecule has 0 aliphatic rings. The monoisotopic (exact) mass is 260 g/mol. The number of hydrogen-bond acceptors (Lipinski definition) is 6. The first-order chi connectivity index (χ1) is 8.31. The van der Waals surface area contributed by atoms with Gasteiger partial charge in [0.25, 0.3) is 0 Å². The molecule has 1 aromatic carbocycles. The van der Waals surface area contributed by atoms with Crippen LogP contribution in [0.3, 0.4) is 0 Å². The molecule has 0 aliphatic heterocycles. The molecule has 4 nitrogen and oxygen atoms in total. The molecule has 3 aromatic rings. The van der Waals surface area contributed by atoms with E-state index < -0.39 is 0 Å². The van der Waals surface area contributed by atoms with Crippen LogP contribution in [0, 0.1) is 0 Å². The van der Waals surface area contributed by atoms with Crippen LogP contribution < -0.4 is 5.73 Å². The van der Waals surface area contributed by atoms with Gasteiger partial charge in [-0.05, 0) is 36.0 Å². The lowest BCUT2D eigenvalue weighted by atomic mass is 10.3.